The average Bonchev–Trinajstić information content (AvgIpc) is 2.96. The fourth-order valence-electron chi connectivity index (χ4n) is 3.46. The monoisotopic (exact) mass is 516 g/mol. The Bertz CT molecular complexity index is 1630. The van der Waals surface area contributed by atoms with E-state index in [-0.39, 0.29) is 28.0 Å². The van der Waals surface area contributed by atoms with E-state index in [0.717, 1.165) is 5.56 Å². The largest absolute Gasteiger partial charge is 0.457 e. The second-order valence-corrected chi connectivity index (χ2v) is 8.34. The van der Waals surface area contributed by atoms with Gasteiger partial charge in [0.25, 0.3) is 0 Å². The van der Waals surface area contributed by atoms with Crippen molar-refractivity contribution in [2.45, 2.75) is 6.92 Å². The lowest BCUT2D eigenvalue weighted by Gasteiger charge is -2.09. The van der Waals surface area contributed by atoms with Gasteiger partial charge in [-0.2, -0.15) is 10.5 Å². The molecule has 0 fully saturated rings. The molecule has 0 radical (unpaired) electrons. The molecule has 0 saturated heterocycles. The van der Waals surface area contributed by atoms with Crippen LogP contribution >= 0.6 is 0 Å². The molecule has 0 unspecified atom stereocenters. The second-order valence-electron chi connectivity index (χ2n) is 8.34. The van der Waals surface area contributed by atoms with Crippen molar-refractivity contribution in [2.24, 2.45) is 0 Å². The van der Waals surface area contributed by atoms with E-state index in [9.17, 15) is 19.6 Å². The van der Waals surface area contributed by atoms with Crippen LogP contribution in [0.2, 0.25) is 0 Å². The Kier molecular flexibility index (Phi) is 8.11. The van der Waals surface area contributed by atoms with E-state index in [2.05, 4.69) is 0 Å². The Hall–Kier alpha value is -5.73. The van der Waals surface area contributed by atoms with Crippen molar-refractivity contribution in [1.29, 1.82) is 10.5 Å². The van der Waals surface area contributed by atoms with Gasteiger partial charge >= 0.3 is 11.9 Å². The Morgan fingerprint density at radius 3 is 2.00 bits per heavy atom. The topological polar surface area (TPSA) is 126 Å². The normalized spacial score (nSPS) is 10.0. The molecule has 0 spiro atoms. The summed E-state index contributed by atoms with van der Waals surface area (Å²) in [5.41, 5.74) is 2.27. The minimum absolute atomic E-state index is 0.160. The molecule has 0 aliphatic rings. The highest BCUT2D eigenvalue weighted by molar-refractivity contribution is 5.99. The minimum Gasteiger partial charge on any atom is -0.457 e. The molecule has 0 aromatic heterocycles. The molecular weight excluding hydrogens is 496 g/mol. The summed E-state index contributed by atoms with van der Waals surface area (Å²) >= 11 is 0. The highest BCUT2D eigenvalue weighted by Gasteiger charge is 2.14. The van der Waals surface area contributed by atoms with Gasteiger partial charge in [0.15, 0.2) is 12.4 Å². The third-order valence-corrected chi connectivity index (χ3v) is 5.55. The molecule has 0 saturated carbocycles. The molecule has 0 amide bonds. The van der Waals surface area contributed by atoms with Gasteiger partial charge in [-0.15, -0.1) is 0 Å². The Labute approximate surface area is 224 Å². The predicted octanol–water partition coefficient (Wildman–Crippen LogP) is 5.79. The van der Waals surface area contributed by atoms with Crippen LogP contribution in [0.15, 0.2) is 91.0 Å². The summed E-state index contributed by atoms with van der Waals surface area (Å²) < 4.78 is 16.2. The summed E-state index contributed by atoms with van der Waals surface area (Å²) in [5.74, 6) is -0.780. The molecule has 0 bridgehead atoms. The van der Waals surface area contributed by atoms with E-state index in [0.29, 0.717) is 17.1 Å². The van der Waals surface area contributed by atoms with Crippen molar-refractivity contribution < 1.29 is 28.6 Å². The van der Waals surface area contributed by atoms with Gasteiger partial charge in [-0.25, -0.2) is 9.59 Å². The summed E-state index contributed by atoms with van der Waals surface area (Å²) in [6.07, 6.45) is 0. The number of Topliss-reactive ketones (excluding diaryl/α,β-unsaturated/α-hetero) is 1. The van der Waals surface area contributed by atoms with E-state index in [1.54, 1.807) is 24.3 Å². The summed E-state index contributed by atoms with van der Waals surface area (Å²) in [4.78, 5) is 37.3. The van der Waals surface area contributed by atoms with Gasteiger partial charge in [0.05, 0.1) is 22.3 Å². The highest BCUT2D eigenvalue weighted by Crippen LogP contribution is 2.25. The van der Waals surface area contributed by atoms with Crippen LogP contribution < -0.4 is 9.47 Å². The van der Waals surface area contributed by atoms with Crippen molar-refractivity contribution in [1.82, 2.24) is 0 Å². The van der Waals surface area contributed by atoms with Gasteiger partial charge in [0.1, 0.15) is 29.4 Å². The summed E-state index contributed by atoms with van der Waals surface area (Å²) in [6, 6.07) is 27.3. The van der Waals surface area contributed by atoms with E-state index < -0.39 is 24.3 Å². The molecule has 190 valence electrons. The lowest BCUT2D eigenvalue weighted by molar-refractivity contribution is 0.0474. The Morgan fingerprint density at radius 2 is 1.31 bits per heavy atom. The first kappa shape index (κ1) is 26.3. The molecule has 8 nitrogen and oxygen atoms in total. The maximum Gasteiger partial charge on any atom is 0.343 e. The zero-order chi connectivity index (χ0) is 27.8. The SMILES string of the molecule is Cc1ccc(C(=O)Oc2ccc(C(=O)COC(=O)c3cccc(Oc4ccc(C#N)c(C#N)c4)c3)cc2)cc1. The van der Waals surface area contributed by atoms with E-state index in [1.807, 2.05) is 31.2 Å². The lowest BCUT2D eigenvalue weighted by Crippen LogP contribution is -2.14. The number of hydrogen-bond acceptors (Lipinski definition) is 8. The number of ketones is 1. The number of nitrogens with zero attached hydrogens (tertiary/aromatic N) is 2. The van der Waals surface area contributed by atoms with Crippen molar-refractivity contribution >= 4 is 17.7 Å². The lowest BCUT2D eigenvalue weighted by atomic mass is 10.1. The number of aryl methyl sites for hydroxylation is 1. The summed E-state index contributed by atoms with van der Waals surface area (Å²) in [5, 5.41) is 18.2. The van der Waals surface area contributed by atoms with E-state index in [4.69, 9.17) is 19.5 Å². The zero-order valence-corrected chi connectivity index (χ0v) is 20.7. The third kappa shape index (κ3) is 6.73. The van der Waals surface area contributed by atoms with Crippen molar-refractivity contribution in [2.75, 3.05) is 6.61 Å². The van der Waals surface area contributed by atoms with Crippen LogP contribution in [0.5, 0.6) is 17.2 Å². The molecule has 0 aliphatic heterocycles. The molecule has 0 aliphatic carbocycles. The number of nitriles is 2. The second kappa shape index (κ2) is 12.0. The Morgan fingerprint density at radius 1 is 0.667 bits per heavy atom. The van der Waals surface area contributed by atoms with Crippen LogP contribution in [0, 0.1) is 29.6 Å². The zero-order valence-electron chi connectivity index (χ0n) is 20.7. The maximum atomic E-state index is 12.5. The molecule has 0 atom stereocenters. The maximum absolute atomic E-state index is 12.5. The van der Waals surface area contributed by atoms with Gasteiger partial charge < -0.3 is 14.2 Å². The smallest absolute Gasteiger partial charge is 0.343 e. The molecule has 0 N–H and O–H groups in total. The fourth-order valence-corrected chi connectivity index (χ4v) is 3.46. The number of benzene rings is 4. The van der Waals surface area contributed by atoms with E-state index >= 15 is 0 Å². The summed E-state index contributed by atoms with van der Waals surface area (Å²) in [6.45, 7) is 1.42. The predicted molar refractivity (Wildman–Crippen MR) is 140 cm³/mol. The van der Waals surface area contributed by atoms with E-state index in [1.165, 1.54) is 54.6 Å². The van der Waals surface area contributed by atoms with Crippen LogP contribution in [0.3, 0.4) is 0 Å². The van der Waals surface area contributed by atoms with Gasteiger partial charge in [-0.1, -0.05) is 23.8 Å². The number of ether oxygens (including phenoxy) is 3. The van der Waals surface area contributed by atoms with Crippen LogP contribution in [0.25, 0.3) is 0 Å². The number of hydrogen-bond donors (Lipinski definition) is 0. The first-order chi connectivity index (χ1) is 18.9. The van der Waals surface area contributed by atoms with Crippen molar-refractivity contribution in [3.63, 3.8) is 0 Å². The van der Waals surface area contributed by atoms with Gasteiger partial charge in [-0.3, -0.25) is 4.79 Å². The fraction of sp³-hybridized carbons (Fsp3) is 0.0645. The van der Waals surface area contributed by atoms with Gasteiger partial charge in [-0.05, 0) is 79.7 Å². The van der Waals surface area contributed by atoms with Crippen LogP contribution in [-0.4, -0.2) is 24.3 Å². The standard InChI is InChI=1S/C31H20N2O6/c1-20-5-7-22(8-6-20)31(36)39-26-12-9-21(10-13-26)29(34)19-37-30(35)23-3-2-4-27(15-23)38-28-14-11-24(17-32)25(16-28)18-33/h2-16H,19H2,1H3. The molecule has 39 heavy (non-hydrogen) atoms. The number of carbonyl (C=O) groups excluding carboxylic acids is 3. The van der Waals surface area contributed by atoms with Crippen molar-refractivity contribution in [3.8, 4) is 29.4 Å². The average molecular weight is 517 g/mol. The molecule has 4 aromatic carbocycles. The molecule has 8 heteroatoms. The minimum atomic E-state index is -0.727. The molecular formula is C31H20N2O6. The van der Waals surface area contributed by atoms with Crippen LogP contribution in [-0.2, 0) is 4.74 Å². The molecule has 4 rings (SSSR count). The van der Waals surface area contributed by atoms with Gasteiger partial charge in [0, 0.05) is 5.56 Å². The molecule has 4 aromatic rings. The first-order valence-electron chi connectivity index (χ1n) is 11.7. The molecule has 0 heterocycles. The quantitative estimate of drug-likeness (QED) is 0.164. The van der Waals surface area contributed by atoms with Gasteiger partial charge in [0.2, 0.25) is 0 Å². The van der Waals surface area contributed by atoms with Crippen molar-refractivity contribution in [3.05, 3.63) is 124 Å². The number of esters is 2. The summed E-state index contributed by atoms with van der Waals surface area (Å²) in [7, 11) is 0. The highest BCUT2D eigenvalue weighted by atomic mass is 16.5. The van der Waals surface area contributed by atoms with Crippen LogP contribution in [0.4, 0.5) is 0 Å². The third-order valence-electron chi connectivity index (χ3n) is 5.55. The van der Waals surface area contributed by atoms with Crippen LogP contribution in [0.1, 0.15) is 47.8 Å². The number of carbonyl (C=O) groups is 3. The Balaban J connectivity index is 1.33. The first-order valence-corrected chi connectivity index (χ1v) is 11.7. The number of rotatable bonds is 8.